The van der Waals surface area contributed by atoms with Crippen molar-refractivity contribution in [1.29, 1.82) is 0 Å². The second-order valence-electron chi connectivity index (χ2n) is 2.61. The molecule has 0 bridgehead atoms. The number of esters is 1. The molecule has 0 spiro atoms. The van der Waals surface area contributed by atoms with Gasteiger partial charge in [-0.3, -0.25) is 5.10 Å². The Morgan fingerprint density at radius 3 is 2.79 bits per heavy atom. The number of H-pyrrole nitrogens is 1. The first-order valence-electron chi connectivity index (χ1n) is 3.87. The van der Waals surface area contributed by atoms with Gasteiger partial charge in [0.15, 0.2) is 14.9 Å². The Labute approximate surface area is 81.2 Å². The lowest BCUT2D eigenvalue weighted by atomic mass is 10.4. The van der Waals surface area contributed by atoms with Crippen LogP contribution in [0.3, 0.4) is 0 Å². The number of aromatic nitrogens is 2. The first kappa shape index (κ1) is 10.7. The average Bonchev–Trinajstić information content (AvgIpc) is 2.50. The van der Waals surface area contributed by atoms with Crippen LogP contribution in [-0.2, 0) is 14.6 Å². The number of rotatable bonds is 3. The highest BCUT2D eigenvalue weighted by molar-refractivity contribution is 7.90. The van der Waals surface area contributed by atoms with Crippen molar-refractivity contribution in [1.82, 2.24) is 10.2 Å². The SMILES string of the molecule is CCOC(=O)c1cn[nH]c1S(C)(=O)=O. The summed E-state index contributed by atoms with van der Waals surface area (Å²) < 4.78 is 26.9. The van der Waals surface area contributed by atoms with Crippen molar-refractivity contribution in [2.24, 2.45) is 0 Å². The lowest BCUT2D eigenvalue weighted by Gasteiger charge is -2.00. The molecule has 14 heavy (non-hydrogen) atoms. The third-order valence-corrected chi connectivity index (χ3v) is 2.52. The summed E-state index contributed by atoms with van der Waals surface area (Å²) in [5.41, 5.74) is -0.0608. The topological polar surface area (TPSA) is 89.1 Å². The molecule has 0 saturated carbocycles. The third kappa shape index (κ3) is 2.11. The molecule has 0 aromatic carbocycles. The number of sulfone groups is 1. The summed E-state index contributed by atoms with van der Waals surface area (Å²) in [6.45, 7) is 1.82. The lowest BCUT2D eigenvalue weighted by Crippen LogP contribution is -2.09. The van der Waals surface area contributed by atoms with Crippen LogP contribution in [0.2, 0.25) is 0 Å². The molecule has 0 aliphatic heterocycles. The number of hydrogen-bond donors (Lipinski definition) is 1. The number of ether oxygens (including phenoxy) is 1. The van der Waals surface area contributed by atoms with Crippen molar-refractivity contribution in [3.63, 3.8) is 0 Å². The van der Waals surface area contributed by atoms with E-state index in [1.807, 2.05) is 0 Å². The zero-order valence-corrected chi connectivity index (χ0v) is 8.59. The number of carbonyl (C=O) groups excluding carboxylic acids is 1. The third-order valence-electron chi connectivity index (χ3n) is 1.47. The van der Waals surface area contributed by atoms with Gasteiger partial charge < -0.3 is 4.74 Å². The van der Waals surface area contributed by atoms with Gasteiger partial charge in [-0.15, -0.1) is 0 Å². The molecule has 1 heterocycles. The van der Waals surface area contributed by atoms with E-state index in [0.29, 0.717) is 0 Å². The van der Waals surface area contributed by atoms with E-state index in [1.54, 1.807) is 6.92 Å². The Bertz CT molecular complexity index is 434. The van der Waals surface area contributed by atoms with Gasteiger partial charge >= 0.3 is 5.97 Å². The molecule has 0 saturated heterocycles. The largest absolute Gasteiger partial charge is 0.462 e. The zero-order chi connectivity index (χ0) is 10.8. The summed E-state index contributed by atoms with van der Waals surface area (Å²) in [7, 11) is -3.47. The predicted molar refractivity (Wildman–Crippen MR) is 47.7 cm³/mol. The maximum atomic E-state index is 11.2. The fraction of sp³-hybridized carbons (Fsp3) is 0.429. The van der Waals surface area contributed by atoms with Gasteiger partial charge in [0.05, 0.1) is 12.8 Å². The van der Waals surface area contributed by atoms with Crippen molar-refractivity contribution in [3.8, 4) is 0 Å². The summed E-state index contributed by atoms with van der Waals surface area (Å²) in [5, 5.41) is 5.52. The minimum absolute atomic E-state index is 0.0608. The van der Waals surface area contributed by atoms with Crippen LogP contribution in [0.1, 0.15) is 17.3 Å². The van der Waals surface area contributed by atoms with Crippen LogP contribution in [0, 0.1) is 0 Å². The minimum Gasteiger partial charge on any atom is -0.462 e. The van der Waals surface area contributed by atoms with Crippen molar-refractivity contribution >= 4 is 15.8 Å². The fourth-order valence-electron chi connectivity index (χ4n) is 0.911. The van der Waals surface area contributed by atoms with E-state index >= 15 is 0 Å². The molecule has 0 aliphatic rings. The molecular formula is C7H10N2O4S. The standard InChI is InChI=1S/C7H10N2O4S/c1-3-13-7(10)5-4-8-9-6(5)14(2,11)12/h4H,3H2,1-2H3,(H,8,9). The molecule has 0 atom stereocenters. The molecule has 1 aromatic heterocycles. The van der Waals surface area contributed by atoms with Crippen LogP contribution in [-0.4, -0.2) is 37.4 Å². The highest BCUT2D eigenvalue weighted by Crippen LogP contribution is 2.12. The van der Waals surface area contributed by atoms with E-state index in [4.69, 9.17) is 0 Å². The highest BCUT2D eigenvalue weighted by Gasteiger charge is 2.21. The summed E-state index contributed by atoms with van der Waals surface area (Å²) in [4.78, 5) is 11.2. The maximum absolute atomic E-state index is 11.2. The normalized spacial score (nSPS) is 11.3. The van der Waals surface area contributed by atoms with Crippen molar-refractivity contribution in [2.45, 2.75) is 11.9 Å². The van der Waals surface area contributed by atoms with Gasteiger partial charge in [0.25, 0.3) is 0 Å². The van der Waals surface area contributed by atoms with Crippen molar-refractivity contribution in [2.75, 3.05) is 12.9 Å². The van der Waals surface area contributed by atoms with E-state index in [0.717, 1.165) is 12.5 Å². The highest BCUT2D eigenvalue weighted by atomic mass is 32.2. The summed E-state index contributed by atoms with van der Waals surface area (Å²) in [6, 6.07) is 0. The number of nitrogens with one attached hydrogen (secondary N) is 1. The Kier molecular flexibility index (Phi) is 2.90. The van der Waals surface area contributed by atoms with Gasteiger partial charge in [-0.1, -0.05) is 0 Å². The Balaban J connectivity index is 3.12. The Hall–Kier alpha value is -1.37. The van der Waals surface area contributed by atoms with Crippen LogP contribution in [0.4, 0.5) is 0 Å². The van der Waals surface area contributed by atoms with E-state index in [2.05, 4.69) is 14.9 Å². The predicted octanol–water partition coefficient (Wildman–Crippen LogP) is -0.0101. The molecule has 6 nitrogen and oxygen atoms in total. The molecule has 0 fully saturated rings. The van der Waals surface area contributed by atoms with Crippen LogP contribution in [0.15, 0.2) is 11.2 Å². The van der Waals surface area contributed by atoms with E-state index in [9.17, 15) is 13.2 Å². The van der Waals surface area contributed by atoms with Gasteiger partial charge in [0.2, 0.25) is 0 Å². The molecule has 7 heteroatoms. The summed E-state index contributed by atoms with van der Waals surface area (Å²) in [6.07, 6.45) is 2.12. The van der Waals surface area contributed by atoms with E-state index in [1.165, 1.54) is 0 Å². The van der Waals surface area contributed by atoms with Gasteiger partial charge in [-0.05, 0) is 6.92 Å². The molecular weight excluding hydrogens is 208 g/mol. The summed E-state index contributed by atoms with van der Waals surface area (Å²) in [5.74, 6) is -0.693. The molecule has 0 radical (unpaired) electrons. The molecule has 1 rings (SSSR count). The van der Waals surface area contributed by atoms with Gasteiger partial charge in [0, 0.05) is 6.26 Å². The number of aromatic amines is 1. The Morgan fingerprint density at radius 2 is 2.29 bits per heavy atom. The van der Waals surface area contributed by atoms with E-state index < -0.39 is 15.8 Å². The number of hydrogen-bond acceptors (Lipinski definition) is 5. The van der Waals surface area contributed by atoms with E-state index in [-0.39, 0.29) is 17.2 Å². The zero-order valence-electron chi connectivity index (χ0n) is 7.77. The molecule has 1 N–H and O–H groups in total. The smallest absolute Gasteiger partial charge is 0.342 e. The lowest BCUT2D eigenvalue weighted by molar-refractivity contribution is 0.0522. The first-order chi connectivity index (χ1) is 6.46. The average molecular weight is 218 g/mol. The minimum atomic E-state index is -3.47. The van der Waals surface area contributed by atoms with Crippen LogP contribution in [0.5, 0.6) is 0 Å². The van der Waals surface area contributed by atoms with Crippen molar-refractivity contribution in [3.05, 3.63) is 11.8 Å². The monoisotopic (exact) mass is 218 g/mol. The van der Waals surface area contributed by atoms with Gasteiger partial charge in [-0.25, -0.2) is 13.2 Å². The maximum Gasteiger partial charge on any atom is 0.342 e. The molecule has 0 aliphatic carbocycles. The first-order valence-corrected chi connectivity index (χ1v) is 5.76. The fourth-order valence-corrected chi connectivity index (χ4v) is 1.67. The number of nitrogens with zero attached hydrogens (tertiary/aromatic N) is 1. The van der Waals surface area contributed by atoms with Crippen LogP contribution in [0.25, 0.3) is 0 Å². The summed E-state index contributed by atoms with van der Waals surface area (Å²) >= 11 is 0. The number of carbonyl (C=O) groups is 1. The molecule has 0 unspecified atom stereocenters. The van der Waals surface area contributed by atoms with Gasteiger partial charge in [-0.2, -0.15) is 5.10 Å². The van der Waals surface area contributed by atoms with Crippen LogP contribution >= 0.6 is 0 Å². The van der Waals surface area contributed by atoms with Crippen LogP contribution < -0.4 is 0 Å². The Morgan fingerprint density at radius 1 is 1.64 bits per heavy atom. The van der Waals surface area contributed by atoms with Crippen molar-refractivity contribution < 1.29 is 17.9 Å². The molecule has 1 aromatic rings. The van der Waals surface area contributed by atoms with Gasteiger partial charge in [0.1, 0.15) is 5.56 Å². The second kappa shape index (κ2) is 3.79. The molecule has 78 valence electrons. The quantitative estimate of drug-likeness (QED) is 0.721. The molecule has 0 amide bonds. The second-order valence-corrected chi connectivity index (χ2v) is 4.56.